The molecule has 25 heavy (non-hydrogen) atoms. The van der Waals surface area contributed by atoms with E-state index in [2.05, 4.69) is 15.4 Å². The van der Waals surface area contributed by atoms with Crippen LogP contribution < -0.4 is 14.8 Å². The molecule has 2 heterocycles. The smallest absolute Gasteiger partial charge is 0.260 e. The molecule has 0 saturated heterocycles. The third-order valence-electron chi connectivity index (χ3n) is 3.78. The predicted octanol–water partition coefficient (Wildman–Crippen LogP) is 2.85. The molecule has 1 aromatic carbocycles. The quantitative estimate of drug-likeness (QED) is 0.774. The number of amides is 1. The molecule has 0 spiro atoms. The van der Waals surface area contributed by atoms with E-state index in [1.807, 2.05) is 31.2 Å². The van der Waals surface area contributed by atoms with E-state index in [9.17, 15) is 4.79 Å². The van der Waals surface area contributed by atoms with Crippen LogP contribution in [0.1, 0.15) is 16.1 Å². The minimum absolute atomic E-state index is 0.292. The van der Waals surface area contributed by atoms with Crippen LogP contribution in [0.3, 0.4) is 0 Å². The van der Waals surface area contributed by atoms with E-state index < -0.39 is 0 Å². The summed E-state index contributed by atoms with van der Waals surface area (Å²) in [6.07, 6.45) is 3.09. The molecule has 0 bridgehead atoms. The van der Waals surface area contributed by atoms with Crippen LogP contribution in [0.25, 0.3) is 5.69 Å². The van der Waals surface area contributed by atoms with Crippen molar-refractivity contribution < 1.29 is 14.3 Å². The molecule has 0 radical (unpaired) electrons. The average Bonchev–Trinajstić information content (AvgIpc) is 3.03. The molecule has 0 fully saturated rings. The Morgan fingerprint density at radius 2 is 1.96 bits per heavy atom. The van der Waals surface area contributed by atoms with Crippen molar-refractivity contribution >= 4 is 11.7 Å². The minimum Gasteiger partial charge on any atom is -0.497 e. The molecule has 0 aliphatic carbocycles. The van der Waals surface area contributed by atoms with Crippen molar-refractivity contribution in [1.82, 2.24) is 14.8 Å². The van der Waals surface area contributed by atoms with Crippen molar-refractivity contribution in [2.24, 2.45) is 0 Å². The molecule has 2 aromatic heterocycles. The van der Waals surface area contributed by atoms with Crippen molar-refractivity contribution in [1.29, 1.82) is 0 Å². The molecule has 1 amide bonds. The van der Waals surface area contributed by atoms with Gasteiger partial charge in [-0.2, -0.15) is 5.10 Å². The van der Waals surface area contributed by atoms with E-state index in [1.165, 1.54) is 6.20 Å². The van der Waals surface area contributed by atoms with Crippen LogP contribution in [0.4, 0.5) is 5.82 Å². The number of nitrogens with zero attached hydrogens (tertiary/aromatic N) is 3. The molecule has 3 aromatic rings. The van der Waals surface area contributed by atoms with Gasteiger partial charge in [0.2, 0.25) is 0 Å². The van der Waals surface area contributed by atoms with Gasteiger partial charge in [0.1, 0.15) is 23.0 Å². The standard InChI is InChI=1S/C18H18N4O3/c1-12-14(18(23)21-17-10-13(24-2)8-9-19-17)11-20-22(12)15-6-4-5-7-16(15)25-3/h4-11H,1-3H3,(H,19,21,23). The first-order valence-corrected chi connectivity index (χ1v) is 7.63. The van der Waals surface area contributed by atoms with Gasteiger partial charge in [-0.05, 0) is 25.1 Å². The van der Waals surface area contributed by atoms with Gasteiger partial charge < -0.3 is 14.8 Å². The van der Waals surface area contributed by atoms with Gasteiger partial charge >= 0.3 is 0 Å². The maximum Gasteiger partial charge on any atom is 0.260 e. The van der Waals surface area contributed by atoms with Crippen molar-refractivity contribution in [3.63, 3.8) is 0 Å². The monoisotopic (exact) mass is 338 g/mol. The van der Waals surface area contributed by atoms with E-state index in [1.54, 1.807) is 37.2 Å². The number of carbonyl (C=O) groups excluding carboxylic acids is 1. The summed E-state index contributed by atoms with van der Waals surface area (Å²) in [4.78, 5) is 16.7. The Labute approximate surface area is 145 Å². The van der Waals surface area contributed by atoms with Gasteiger partial charge in [-0.25, -0.2) is 9.67 Å². The lowest BCUT2D eigenvalue weighted by atomic mass is 10.2. The number of rotatable bonds is 5. The number of hydrogen-bond acceptors (Lipinski definition) is 5. The number of ether oxygens (including phenoxy) is 2. The van der Waals surface area contributed by atoms with E-state index in [-0.39, 0.29) is 5.91 Å². The van der Waals surface area contributed by atoms with Crippen LogP contribution in [-0.4, -0.2) is 34.9 Å². The summed E-state index contributed by atoms with van der Waals surface area (Å²) in [7, 11) is 3.15. The molecule has 0 aliphatic rings. The van der Waals surface area contributed by atoms with Gasteiger partial charge in [0.15, 0.2) is 0 Å². The summed E-state index contributed by atoms with van der Waals surface area (Å²) in [6, 6.07) is 10.8. The molecule has 7 nitrogen and oxygen atoms in total. The fourth-order valence-corrected chi connectivity index (χ4v) is 2.47. The van der Waals surface area contributed by atoms with E-state index in [0.717, 1.165) is 5.69 Å². The van der Waals surface area contributed by atoms with Crippen molar-refractivity contribution in [2.75, 3.05) is 19.5 Å². The molecule has 0 aliphatic heterocycles. The SMILES string of the molecule is COc1ccnc(NC(=O)c2cnn(-c3ccccc3OC)c2C)c1. The largest absolute Gasteiger partial charge is 0.497 e. The Morgan fingerprint density at radius 1 is 1.16 bits per heavy atom. The molecule has 0 atom stereocenters. The third kappa shape index (κ3) is 3.30. The van der Waals surface area contributed by atoms with Crippen LogP contribution in [0.15, 0.2) is 48.8 Å². The predicted molar refractivity (Wildman–Crippen MR) is 93.6 cm³/mol. The number of aromatic nitrogens is 3. The number of methoxy groups -OCH3 is 2. The summed E-state index contributed by atoms with van der Waals surface area (Å²) in [5, 5.41) is 7.07. The van der Waals surface area contributed by atoms with Gasteiger partial charge in [-0.15, -0.1) is 0 Å². The summed E-state index contributed by atoms with van der Waals surface area (Å²) in [5.74, 6) is 1.41. The lowest BCUT2D eigenvalue weighted by Gasteiger charge is -2.10. The number of pyridine rings is 1. The van der Waals surface area contributed by atoms with Crippen LogP contribution in [0.5, 0.6) is 11.5 Å². The Bertz CT molecular complexity index is 905. The molecule has 3 rings (SSSR count). The molecule has 0 unspecified atom stereocenters. The second-order valence-electron chi connectivity index (χ2n) is 5.26. The number of benzene rings is 1. The van der Waals surface area contributed by atoms with E-state index >= 15 is 0 Å². The summed E-state index contributed by atoms with van der Waals surface area (Å²) in [6.45, 7) is 1.83. The first-order chi connectivity index (χ1) is 12.1. The maximum absolute atomic E-state index is 12.6. The van der Waals surface area contributed by atoms with Crippen LogP contribution in [0, 0.1) is 6.92 Å². The number of anilines is 1. The highest BCUT2D eigenvalue weighted by Gasteiger charge is 2.17. The average molecular weight is 338 g/mol. The summed E-state index contributed by atoms with van der Waals surface area (Å²) < 4.78 is 12.2. The highest BCUT2D eigenvalue weighted by Crippen LogP contribution is 2.24. The molecular formula is C18H18N4O3. The minimum atomic E-state index is -0.292. The van der Waals surface area contributed by atoms with Crippen molar-refractivity contribution in [3.8, 4) is 17.2 Å². The molecule has 7 heteroatoms. The molecular weight excluding hydrogens is 320 g/mol. The molecule has 128 valence electrons. The Balaban J connectivity index is 1.89. The van der Waals surface area contributed by atoms with Gasteiger partial charge in [-0.1, -0.05) is 12.1 Å². The van der Waals surface area contributed by atoms with Crippen LogP contribution in [0.2, 0.25) is 0 Å². The van der Waals surface area contributed by atoms with E-state index in [0.29, 0.717) is 28.6 Å². The van der Waals surface area contributed by atoms with Gasteiger partial charge in [0.05, 0.1) is 31.7 Å². The molecule has 1 N–H and O–H groups in total. The fourth-order valence-electron chi connectivity index (χ4n) is 2.47. The highest BCUT2D eigenvalue weighted by molar-refractivity contribution is 6.04. The first-order valence-electron chi connectivity index (χ1n) is 7.63. The van der Waals surface area contributed by atoms with Crippen molar-refractivity contribution in [2.45, 2.75) is 6.92 Å². The van der Waals surface area contributed by atoms with Gasteiger partial charge in [0, 0.05) is 12.3 Å². The third-order valence-corrected chi connectivity index (χ3v) is 3.78. The number of nitrogens with one attached hydrogen (secondary N) is 1. The second kappa shape index (κ2) is 7.04. The lowest BCUT2D eigenvalue weighted by Crippen LogP contribution is -2.14. The summed E-state index contributed by atoms with van der Waals surface area (Å²) >= 11 is 0. The second-order valence-corrected chi connectivity index (χ2v) is 5.26. The zero-order valence-electron chi connectivity index (χ0n) is 14.2. The normalized spacial score (nSPS) is 10.4. The summed E-state index contributed by atoms with van der Waals surface area (Å²) in [5.41, 5.74) is 1.92. The zero-order valence-corrected chi connectivity index (χ0v) is 14.2. The Kier molecular flexibility index (Phi) is 4.65. The van der Waals surface area contributed by atoms with Crippen molar-refractivity contribution in [3.05, 3.63) is 60.0 Å². The number of hydrogen-bond donors (Lipinski definition) is 1. The topological polar surface area (TPSA) is 78.3 Å². The maximum atomic E-state index is 12.6. The van der Waals surface area contributed by atoms with E-state index in [4.69, 9.17) is 9.47 Å². The number of para-hydroxylation sites is 2. The fraction of sp³-hybridized carbons (Fsp3) is 0.167. The van der Waals surface area contributed by atoms with Gasteiger partial charge in [0.25, 0.3) is 5.91 Å². The zero-order chi connectivity index (χ0) is 17.8. The highest BCUT2D eigenvalue weighted by atomic mass is 16.5. The Hall–Kier alpha value is -3.35. The molecule has 0 saturated carbocycles. The van der Waals surface area contributed by atoms with Gasteiger partial charge in [-0.3, -0.25) is 4.79 Å². The number of carbonyl (C=O) groups is 1. The Morgan fingerprint density at radius 3 is 2.72 bits per heavy atom. The first kappa shape index (κ1) is 16.5. The lowest BCUT2D eigenvalue weighted by molar-refractivity contribution is 0.102. The van der Waals surface area contributed by atoms with Crippen LogP contribution >= 0.6 is 0 Å². The van der Waals surface area contributed by atoms with Crippen LogP contribution in [-0.2, 0) is 0 Å².